The van der Waals surface area contributed by atoms with Gasteiger partial charge in [-0.25, -0.2) is 0 Å². The lowest BCUT2D eigenvalue weighted by molar-refractivity contribution is 0.0605. The molecular formula is C14H19BrO2. The fourth-order valence-electron chi connectivity index (χ4n) is 2.29. The Bertz CT molecular complexity index is 378. The molecule has 0 aliphatic carbocycles. The summed E-state index contributed by atoms with van der Waals surface area (Å²) in [6.45, 7) is 2.20. The lowest BCUT2D eigenvalue weighted by atomic mass is 9.96. The van der Waals surface area contributed by atoms with Crippen LogP contribution >= 0.6 is 15.9 Å². The molecule has 17 heavy (non-hydrogen) atoms. The van der Waals surface area contributed by atoms with Gasteiger partial charge in [-0.1, -0.05) is 35.7 Å². The third-order valence-corrected chi connectivity index (χ3v) is 3.73. The van der Waals surface area contributed by atoms with Gasteiger partial charge in [-0.2, -0.15) is 0 Å². The maximum absolute atomic E-state index is 10.1. The normalized spacial score (nSPS) is 23.0. The van der Waals surface area contributed by atoms with Crippen LogP contribution < -0.4 is 4.74 Å². The van der Waals surface area contributed by atoms with Crippen molar-refractivity contribution in [3.05, 3.63) is 28.2 Å². The summed E-state index contributed by atoms with van der Waals surface area (Å²) in [4.78, 5) is 0. The van der Waals surface area contributed by atoms with E-state index in [9.17, 15) is 5.11 Å². The van der Waals surface area contributed by atoms with Gasteiger partial charge < -0.3 is 9.84 Å². The van der Waals surface area contributed by atoms with E-state index < -0.39 is 0 Å². The SMILES string of the molecule is CCCCCC1C[C@H](O)c2cc(Br)ccc2O1. The summed E-state index contributed by atoms with van der Waals surface area (Å²) in [6, 6.07) is 5.84. The first-order chi connectivity index (χ1) is 8.20. The summed E-state index contributed by atoms with van der Waals surface area (Å²) in [7, 11) is 0. The zero-order valence-electron chi connectivity index (χ0n) is 10.2. The molecular weight excluding hydrogens is 280 g/mol. The van der Waals surface area contributed by atoms with Crippen molar-refractivity contribution in [2.45, 2.75) is 51.2 Å². The van der Waals surface area contributed by atoms with Crippen molar-refractivity contribution in [3.8, 4) is 5.75 Å². The van der Waals surface area contributed by atoms with Crippen molar-refractivity contribution in [1.82, 2.24) is 0 Å². The molecule has 0 saturated carbocycles. The van der Waals surface area contributed by atoms with E-state index in [2.05, 4.69) is 22.9 Å². The first kappa shape index (κ1) is 12.9. The second-order valence-electron chi connectivity index (χ2n) is 4.67. The lowest BCUT2D eigenvalue weighted by Crippen LogP contribution is -2.25. The van der Waals surface area contributed by atoms with Gasteiger partial charge in [0.15, 0.2) is 0 Å². The van der Waals surface area contributed by atoms with Crippen LogP contribution in [0.5, 0.6) is 5.75 Å². The number of hydrogen-bond acceptors (Lipinski definition) is 2. The van der Waals surface area contributed by atoms with Crippen molar-refractivity contribution in [1.29, 1.82) is 0 Å². The molecule has 0 radical (unpaired) electrons. The fourth-order valence-corrected chi connectivity index (χ4v) is 2.67. The Morgan fingerprint density at radius 1 is 1.41 bits per heavy atom. The molecule has 0 aromatic heterocycles. The Morgan fingerprint density at radius 2 is 2.24 bits per heavy atom. The van der Waals surface area contributed by atoms with E-state index in [4.69, 9.17) is 4.74 Å². The van der Waals surface area contributed by atoms with Crippen LogP contribution in [0.3, 0.4) is 0 Å². The van der Waals surface area contributed by atoms with Crippen LogP contribution in [0.25, 0.3) is 0 Å². The molecule has 2 nitrogen and oxygen atoms in total. The van der Waals surface area contributed by atoms with Crippen molar-refractivity contribution in [2.75, 3.05) is 0 Å². The van der Waals surface area contributed by atoms with Gasteiger partial charge in [0.2, 0.25) is 0 Å². The third-order valence-electron chi connectivity index (χ3n) is 3.24. The Labute approximate surface area is 111 Å². The van der Waals surface area contributed by atoms with E-state index >= 15 is 0 Å². The minimum Gasteiger partial charge on any atom is -0.490 e. The van der Waals surface area contributed by atoms with Crippen molar-refractivity contribution in [3.63, 3.8) is 0 Å². The largest absolute Gasteiger partial charge is 0.490 e. The van der Waals surface area contributed by atoms with Crippen LogP contribution in [-0.4, -0.2) is 11.2 Å². The molecule has 1 aromatic carbocycles. The molecule has 0 fully saturated rings. The summed E-state index contributed by atoms with van der Waals surface area (Å²) in [5.74, 6) is 0.841. The third kappa shape index (κ3) is 3.23. The molecule has 0 amide bonds. The Morgan fingerprint density at radius 3 is 3.00 bits per heavy atom. The average Bonchev–Trinajstić information content (AvgIpc) is 2.31. The predicted octanol–water partition coefficient (Wildman–Crippen LogP) is 4.21. The van der Waals surface area contributed by atoms with Crippen molar-refractivity contribution >= 4 is 15.9 Å². The number of fused-ring (bicyclic) bond motifs is 1. The molecule has 1 aromatic rings. The standard InChI is InChI=1S/C14H19BrO2/c1-2-3-4-5-11-9-13(16)12-8-10(15)6-7-14(12)17-11/h6-8,11,13,16H,2-5,9H2,1H3/t11?,13-/m0/s1. The zero-order valence-corrected chi connectivity index (χ0v) is 11.7. The van der Waals surface area contributed by atoms with Crippen LogP contribution in [0, 0.1) is 0 Å². The monoisotopic (exact) mass is 298 g/mol. The van der Waals surface area contributed by atoms with Crippen LogP contribution in [-0.2, 0) is 0 Å². The first-order valence-electron chi connectivity index (χ1n) is 6.35. The summed E-state index contributed by atoms with van der Waals surface area (Å²) >= 11 is 3.42. The first-order valence-corrected chi connectivity index (χ1v) is 7.14. The molecule has 0 bridgehead atoms. The number of aliphatic hydroxyl groups excluding tert-OH is 1. The van der Waals surface area contributed by atoms with Crippen LogP contribution in [0.1, 0.15) is 50.7 Å². The van der Waals surface area contributed by atoms with Gasteiger partial charge in [0.05, 0.1) is 6.10 Å². The van der Waals surface area contributed by atoms with Gasteiger partial charge in [0.25, 0.3) is 0 Å². The Hall–Kier alpha value is -0.540. The van der Waals surface area contributed by atoms with Gasteiger partial charge in [0.1, 0.15) is 11.9 Å². The number of unbranched alkanes of at least 4 members (excludes halogenated alkanes) is 2. The van der Waals surface area contributed by atoms with Gasteiger partial charge in [-0.3, -0.25) is 0 Å². The van der Waals surface area contributed by atoms with Crippen LogP contribution in [0.2, 0.25) is 0 Å². The highest BCUT2D eigenvalue weighted by Gasteiger charge is 2.26. The lowest BCUT2D eigenvalue weighted by Gasteiger charge is -2.29. The second kappa shape index (κ2) is 5.87. The van der Waals surface area contributed by atoms with E-state index in [0.29, 0.717) is 6.42 Å². The topological polar surface area (TPSA) is 29.5 Å². The minimum absolute atomic E-state index is 0.172. The van der Waals surface area contributed by atoms with E-state index in [-0.39, 0.29) is 12.2 Å². The number of ether oxygens (including phenoxy) is 1. The van der Waals surface area contributed by atoms with Crippen LogP contribution in [0.15, 0.2) is 22.7 Å². The maximum Gasteiger partial charge on any atom is 0.125 e. The maximum atomic E-state index is 10.1. The van der Waals surface area contributed by atoms with Crippen molar-refractivity contribution in [2.24, 2.45) is 0 Å². The highest BCUT2D eigenvalue weighted by molar-refractivity contribution is 9.10. The molecule has 1 aliphatic heterocycles. The summed E-state index contributed by atoms with van der Waals surface area (Å²) < 4.78 is 6.91. The smallest absolute Gasteiger partial charge is 0.125 e. The van der Waals surface area contributed by atoms with Crippen molar-refractivity contribution < 1.29 is 9.84 Å². The molecule has 94 valence electrons. The van der Waals surface area contributed by atoms with E-state index in [1.54, 1.807) is 0 Å². The molecule has 2 rings (SSSR count). The quantitative estimate of drug-likeness (QED) is 0.844. The van der Waals surface area contributed by atoms with E-state index in [1.807, 2.05) is 18.2 Å². The number of benzene rings is 1. The van der Waals surface area contributed by atoms with Crippen LogP contribution in [0.4, 0.5) is 0 Å². The summed E-state index contributed by atoms with van der Waals surface area (Å²) in [5.41, 5.74) is 0.908. The summed E-state index contributed by atoms with van der Waals surface area (Å²) in [6.07, 6.45) is 5.18. The Kier molecular flexibility index (Phi) is 4.46. The molecule has 1 aliphatic rings. The number of aliphatic hydroxyl groups is 1. The molecule has 3 heteroatoms. The fraction of sp³-hybridized carbons (Fsp3) is 0.571. The highest BCUT2D eigenvalue weighted by Crippen LogP contribution is 2.37. The van der Waals surface area contributed by atoms with Gasteiger partial charge in [-0.05, 0) is 31.0 Å². The molecule has 1 heterocycles. The van der Waals surface area contributed by atoms with Gasteiger partial charge in [-0.15, -0.1) is 0 Å². The number of rotatable bonds is 4. The summed E-state index contributed by atoms with van der Waals surface area (Å²) in [5, 5.41) is 10.1. The second-order valence-corrected chi connectivity index (χ2v) is 5.58. The molecule has 1 N–H and O–H groups in total. The highest BCUT2D eigenvalue weighted by atomic mass is 79.9. The average molecular weight is 299 g/mol. The number of halogens is 1. The molecule has 0 saturated heterocycles. The zero-order chi connectivity index (χ0) is 12.3. The molecule has 2 atom stereocenters. The number of hydrogen-bond donors (Lipinski definition) is 1. The van der Waals surface area contributed by atoms with E-state index in [0.717, 1.165) is 22.2 Å². The Balaban J connectivity index is 2.03. The predicted molar refractivity (Wildman–Crippen MR) is 72.3 cm³/mol. The van der Waals surface area contributed by atoms with E-state index in [1.165, 1.54) is 19.3 Å². The van der Waals surface area contributed by atoms with Gasteiger partial charge in [0, 0.05) is 16.5 Å². The minimum atomic E-state index is -0.386. The molecule has 0 spiro atoms. The molecule has 1 unspecified atom stereocenters. The van der Waals surface area contributed by atoms with Gasteiger partial charge >= 0.3 is 0 Å².